The lowest BCUT2D eigenvalue weighted by Gasteiger charge is -1.86. The lowest BCUT2D eigenvalue weighted by Crippen LogP contribution is -2.27. The molecular weight excluding hydrogens is 108 g/mol. The Kier molecular flexibility index (Phi) is 1.88. The van der Waals surface area contributed by atoms with E-state index in [0.717, 1.165) is 6.92 Å². The second kappa shape index (κ2) is 2.20. The summed E-state index contributed by atoms with van der Waals surface area (Å²) in [5, 5.41) is 6.57. The number of carbonyl (C=O) groups excluding carboxylic acids is 2. The van der Waals surface area contributed by atoms with Crippen molar-refractivity contribution in [3.05, 3.63) is 0 Å². The molecule has 1 amide bonds. The molecule has 4 heteroatoms. The molecule has 8 heavy (non-hydrogen) atoms. The van der Waals surface area contributed by atoms with Crippen LogP contribution in [0.4, 0.5) is 0 Å². The van der Waals surface area contributed by atoms with Crippen LogP contribution >= 0.6 is 0 Å². The van der Waals surface area contributed by atoms with Gasteiger partial charge in [-0.2, -0.15) is 0 Å². The van der Waals surface area contributed by atoms with Crippen molar-refractivity contribution in [1.82, 2.24) is 0 Å². The van der Waals surface area contributed by atoms with E-state index >= 15 is 0 Å². The van der Waals surface area contributed by atoms with Crippen LogP contribution in [0.1, 0.15) is 6.92 Å². The Morgan fingerprint density at radius 1 is 1.50 bits per heavy atom. The van der Waals surface area contributed by atoms with Crippen molar-refractivity contribution in [2.75, 3.05) is 0 Å². The predicted molar refractivity (Wildman–Crippen MR) is 27.6 cm³/mol. The van der Waals surface area contributed by atoms with Crippen molar-refractivity contribution in [3.63, 3.8) is 0 Å². The highest BCUT2D eigenvalue weighted by Crippen LogP contribution is 1.71. The molecule has 0 heterocycles. The summed E-state index contributed by atoms with van der Waals surface area (Å²) in [6, 6.07) is 0. The zero-order valence-electron chi connectivity index (χ0n) is 4.39. The van der Waals surface area contributed by atoms with Crippen LogP contribution in [0.15, 0.2) is 0 Å². The number of hydrogen-bond acceptors (Lipinski definition) is 3. The van der Waals surface area contributed by atoms with Gasteiger partial charge in [0.15, 0.2) is 11.5 Å². The van der Waals surface area contributed by atoms with Crippen LogP contribution in [0.3, 0.4) is 0 Å². The third-order valence-corrected chi connectivity index (χ3v) is 0.598. The van der Waals surface area contributed by atoms with Gasteiger partial charge in [0.1, 0.15) is 0 Å². The van der Waals surface area contributed by atoms with Crippen molar-refractivity contribution < 1.29 is 9.59 Å². The maximum atomic E-state index is 10.1. The van der Waals surface area contributed by atoms with Crippen LogP contribution in [0.25, 0.3) is 0 Å². The maximum absolute atomic E-state index is 10.1. The number of primary amides is 1. The number of nitrogens with one attached hydrogen (secondary N) is 1. The quantitative estimate of drug-likeness (QED) is 0.359. The first-order valence-corrected chi connectivity index (χ1v) is 1.95. The second-order valence-electron chi connectivity index (χ2n) is 1.30. The third kappa shape index (κ3) is 1.51. The van der Waals surface area contributed by atoms with Gasteiger partial charge in [-0.25, -0.2) is 0 Å². The number of Topliss-reactive ketones (excluding diaryl/α,β-unsaturated/α-hetero) is 1. The van der Waals surface area contributed by atoms with E-state index in [-0.39, 0.29) is 0 Å². The smallest absolute Gasteiger partial charge is 0.270 e. The molecule has 0 aliphatic heterocycles. The zero-order chi connectivity index (χ0) is 6.73. The molecular formula is C4H6N2O2. The van der Waals surface area contributed by atoms with Gasteiger partial charge in [0, 0.05) is 6.92 Å². The molecule has 4 nitrogen and oxygen atoms in total. The molecule has 0 fully saturated rings. The normalized spacial score (nSPS) is 8.12. The van der Waals surface area contributed by atoms with E-state index in [4.69, 9.17) is 5.41 Å². The molecule has 0 saturated carbocycles. The Morgan fingerprint density at radius 3 is 1.88 bits per heavy atom. The molecule has 0 atom stereocenters. The Hall–Kier alpha value is -1.19. The fourth-order valence-electron chi connectivity index (χ4n) is 0.173. The molecule has 44 valence electrons. The van der Waals surface area contributed by atoms with Gasteiger partial charge < -0.3 is 5.73 Å². The molecule has 0 aromatic carbocycles. The minimum absolute atomic E-state index is 0.600. The molecule has 0 radical (unpaired) electrons. The van der Waals surface area contributed by atoms with Gasteiger partial charge in [-0.05, 0) is 0 Å². The van der Waals surface area contributed by atoms with E-state index in [9.17, 15) is 9.59 Å². The van der Waals surface area contributed by atoms with E-state index in [1.807, 2.05) is 0 Å². The molecule has 0 rings (SSSR count). The Balaban J connectivity index is 4.05. The Labute approximate surface area is 46.2 Å². The zero-order valence-corrected chi connectivity index (χ0v) is 4.39. The molecule has 0 aromatic heterocycles. The molecule has 0 unspecified atom stereocenters. The van der Waals surface area contributed by atoms with Gasteiger partial charge >= 0.3 is 0 Å². The van der Waals surface area contributed by atoms with Crippen LogP contribution in [-0.2, 0) is 9.59 Å². The predicted octanol–water partition coefficient (Wildman–Crippen LogP) is -0.920. The van der Waals surface area contributed by atoms with Crippen LogP contribution in [0, 0.1) is 5.41 Å². The van der Waals surface area contributed by atoms with Crippen molar-refractivity contribution in [2.45, 2.75) is 6.92 Å². The number of ketones is 1. The molecule has 3 N–H and O–H groups in total. The highest BCUT2D eigenvalue weighted by molar-refractivity contribution is 6.63. The van der Waals surface area contributed by atoms with Gasteiger partial charge in [0.2, 0.25) is 0 Å². The number of hydrogen-bond donors (Lipinski definition) is 2. The maximum Gasteiger partial charge on any atom is 0.270 e. The summed E-state index contributed by atoms with van der Waals surface area (Å²) in [5.41, 5.74) is 3.90. The third-order valence-electron chi connectivity index (χ3n) is 0.598. The minimum Gasteiger partial charge on any atom is -0.364 e. The lowest BCUT2D eigenvalue weighted by molar-refractivity contribution is -0.115. The molecule has 0 aliphatic carbocycles. The standard InChI is InChI=1S/C4H6N2O2/c1-2(7)3(5)4(6)8/h5H,1H3,(H2,6,8). The first kappa shape index (κ1) is 6.81. The number of rotatable bonds is 2. The van der Waals surface area contributed by atoms with Crippen molar-refractivity contribution in [3.8, 4) is 0 Å². The SMILES string of the molecule is CC(=O)C(=N)C(N)=O. The van der Waals surface area contributed by atoms with Crippen LogP contribution in [0.5, 0.6) is 0 Å². The van der Waals surface area contributed by atoms with Gasteiger partial charge in [-0.15, -0.1) is 0 Å². The highest BCUT2D eigenvalue weighted by Gasteiger charge is 2.07. The first-order valence-electron chi connectivity index (χ1n) is 1.95. The monoisotopic (exact) mass is 114 g/mol. The lowest BCUT2D eigenvalue weighted by atomic mass is 10.3. The summed E-state index contributed by atoms with van der Waals surface area (Å²) in [6.07, 6.45) is 0. The van der Waals surface area contributed by atoms with Crippen LogP contribution in [0.2, 0.25) is 0 Å². The van der Waals surface area contributed by atoms with E-state index in [1.54, 1.807) is 0 Å². The second-order valence-corrected chi connectivity index (χ2v) is 1.30. The van der Waals surface area contributed by atoms with E-state index < -0.39 is 17.4 Å². The fraction of sp³-hybridized carbons (Fsp3) is 0.250. The molecule has 0 bridgehead atoms. The topological polar surface area (TPSA) is 84.0 Å². The van der Waals surface area contributed by atoms with Gasteiger partial charge in [-0.3, -0.25) is 15.0 Å². The van der Waals surface area contributed by atoms with Crippen molar-refractivity contribution in [2.24, 2.45) is 5.73 Å². The largest absolute Gasteiger partial charge is 0.364 e. The number of carbonyl (C=O) groups is 2. The van der Waals surface area contributed by atoms with Gasteiger partial charge in [0.05, 0.1) is 0 Å². The van der Waals surface area contributed by atoms with E-state index in [0.29, 0.717) is 0 Å². The summed E-state index contributed by atoms with van der Waals surface area (Å²) in [6.45, 7) is 1.12. The average molecular weight is 114 g/mol. The fourth-order valence-corrected chi connectivity index (χ4v) is 0.173. The highest BCUT2D eigenvalue weighted by atomic mass is 16.2. The van der Waals surface area contributed by atoms with Crippen molar-refractivity contribution in [1.29, 1.82) is 5.41 Å². The van der Waals surface area contributed by atoms with Gasteiger partial charge in [0.25, 0.3) is 5.91 Å². The number of nitrogens with two attached hydrogens (primary N) is 1. The summed E-state index contributed by atoms with van der Waals surface area (Å²) in [4.78, 5) is 20.0. The molecule has 0 saturated heterocycles. The number of amides is 1. The van der Waals surface area contributed by atoms with E-state index in [2.05, 4.69) is 5.73 Å². The Morgan fingerprint density at radius 2 is 1.88 bits per heavy atom. The average Bonchev–Trinajstić information content (AvgIpc) is 1.64. The van der Waals surface area contributed by atoms with Crippen LogP contribution < -0.4 is 5.73 Å². The molecule has 0 aliphatic rings. The first-order chi connectivity index (χ1) is 3.55. The molecule has 0 spiro atoms. The van der Waals surface area contributed by atoms with Crippen molar-refractivity contribution >= 4 is 17.4 Å². The van der Waals surface area contributed by atoms with Gasteiger partial charge in [-0.1, -0.05) is 0 Å². The van der Waals surface area contributed by atoms with Crippen LogP contribution in [-0.4, -0.2) is 17.4 Å². The summed E-state index contributed by atoms with van der Waals surface area (Å²) >= 11 is 0. The molecule has 0 aromatic rings. The summed E-state index contributed by atoms with van der Waals surface area (Å²) in [7, 11) is 0. The minimum atomic E-state index is -0.975. The Bertz CT molecular complexity index is 134. The summed E-state index contributed by atoms with van der Waals surface area (Å²) in [5.74, 6) is -1.57. The summed E-state index contributed by atoms with van der Waals surface area (Å²) < 4.78 is 0. The van der Waals surface area contributed by atoms with E-state index in [1.165, 1.54) is 0 Å².